The Kier molecular flexibility index (Phi) is 5.63. The standard InChI is InChI=1S/C19H31N5O2/c1-5-12(2)16(20-14(4)25)19(26)23-10-11-24-17(13(23)3)21-22-18(24)15-8-6-7-9-15/h12-13,15-16H,5-11H2,1-4H3,(H,20,25)/t12-,13?,16-/m0/s1. The van der Waals surface area contributed by atoms with Gasteiger partial charge >= 0.3 is 0 Å². The van der Waals surface area contributed by atoms with Crippen LogP contribution in [0.5, 0.6) is 0 Å². The quantitative estimate of drug-likeness (QED) is 0.873. The Morgan fingerprint density at radius 1 is 1.19 bits per heavy atom. The van der Waals surface area contributed by atoms with E-state index in [9.17, 15) is 9.59 Å². The lowest BCUT2D eigenvalue weighted by molar-refractivity contribution is -0.140. The van der Waals surface area contributed by atoms with Crippen LogP contribution in [0, 0.1) is 5.92 Å². The van der Waals surface area contributed by atoms with E-state index in [-0.39, 0.29) is 23.8 Å². The maximum absolute atomic E-state index is 13.2. The van der Waals surface area contributed by atoms with Crippen molar-refractivity contribution in [1.82, 2.24) is 25.0 Å². The van der Waals surface area contributed by atoms with E-state index in [1.807, 2.05) is 25.7 Å². The molecule has 26 heavy (non-hydrogen) atoms. The maximum Gasteiger partial charge on any atom is 0.246 e. The third-order valence-corrected chi connectivity index (χ3v) is 6.05. The van der Waals surface area contributed by atoms with Gasteiger partial charge in [-0.2, -0.15) is 0 Å². The van der Waals surface area contributed by atoms with Crippen LogP contribution in [0.4, 0.5) is 0 Å². The van der Waals surface area contributed by atoms with Gasteiger partial charge in [0.25, 0.3) is 0 Å². The van der Waals surface area contributed by atoms with E-state index in [0.29, 0.717) is 12.5 Å². The highest BCUT2D eigenvalue weighted by Crippen LogP contribution is 2.35. The van der Waals surface area contributed by atoms with Gasteiger partial charge in [0, 0.05) is 25.9 Å². The van der Waals surface area contributed by atoms with Crippen LogP contribution >= 0.6 is 0 Å². The fourth-order valence-corrected chi connectivity index (χ4v) is 4.27. The van der Waals surface area contributed by atoms with E-state index in [1.54, 1.807) is 0 Å². The van der Waals surface area contributed by atoms with E-state index in [1.165, 1.54) is 32.6 Å². The number of amides is 2. The van der Waals surface area contributed by atoms with E-state index in [2.05, 4.69) is 20.1 Å². The molecule has 7 heteroatoms. The van der Waals surface area contributed by atoms with Crippen LogP contribution in [0.15, 0.2) is 0 Å². The topological polar surface area (TPSA) is 80.1 Å². The van der Waals surface area contributed by atoms with Crippen molar-refractivity contribution in [3.05, 3.63) is 11.6 Å². The van der Waals surface area contributed by atoms with Crippen LogP contribution in [0.2, 0.25) is 0 Å². The summed E-state index contributed by atoms with van der Waals surface area (Å²) >= 11 is 0. The lowest BCUT2D eigenvalue weighted by Crippen LogP contribution is -2.53. The Labute approximate surface area is 155 Å². The van der Waals surface area contributed by atoms with Gasteiger partial charge in [-0.25, -0.2) is 0 Å². The van der Waals surface area contributed by atoms with Crippen LogP contribution in [0.3, 0.4) is 0 Å². The molecule has 1 saturated carbocycles. The summed E-state index contributed by atoms with van der Waals surface area (Å²) in [6.45, 7) is 8.89. The SMILES string of the molecule is CC[C@H](C)[C@H](NC(C)=O)C(=O)N1CCn2c(C3CCCC3)nnc2C1C. The predicted octanol–water partition coefficient (Wildman–Crippen LogP) is 2.39. The monoisotopic (exact) mass is 361 g/mol. The van der Waals surface area contributed by atoms with E-state index < -0.39 is 6.04 Å². The number of carbonyl (C=O) groups excluding carboxylic acids is 2. The Hall–Kier alpha value is -1.92. The van der Waals surface area contributed by atoms with Gasteiger partial charge < -0.3 is 14.8 Å². The molecule has 0 radical (unpaired) electrons. The molecule has 0 bridgehead atoms. The number of carbonyl (C=O) groups is 2. The van der Waals surface area contributed by atoms with Gasteiger partial charge in [0.05, 0.1) is 6.04 Å². The van der Waals surface area contributed by atoms with Gasteiger partial charge in [0.15, 0.2) is 5.82 Å². The first kappa shape index (κ1) is 18.9. The normalized spacial score (nSPS) is 22.8. The lowest BCUT2D eigenvalue weighted by atomic mass is 9.96. The summed E-state index contributed by atoms with van der Waals surface area (Å²) in [5.41, 5.74) is 0. The molecule has 0 spiro atoms. The zero-order chi connectivity index (χ0) is 18.8. The Balaban J connectivity index is 1.80. The largest absolute Gasteiger partial charge is 0.344 e. The number of hydrogen-bond acceptors (Lipinski definition) is 4. The van der Waals surface area contributed by atoms with Crippen molar-refractivity contribution in [3.8, 4) is 0 Å². The molecule has 0 aromatic carbocycles. The van der Waals surface area contributed by atoms with Crippen molar-refractivity contribution < 1.29 is 9.59 Å². The van der Waals surface area contributed by atoms with Gasteiger partial charge in [-0.3, -0.25) is 9.59 Å². The van der Waals surface area contributed by atoms with Gasteiger partial charge in [-0.05, 0) is 25.7 Å². The van der Waals surface area contributed by atoms with Crippen LogP contribution in [0.1, 0.15) is 83.4 Å². The molecule has 1 aromatic rings. The Bertz CT molecular complexity index is 665. The van der Waals surface area contributed by atoms with E-state index >= 15 is 0 Å². The Morgan fingerprint density at radius 2 is 1.85 bits per heavy atom. The molecule has 7 nitrogen and oxygen atoms in total. The fourth-order valence-electron chi connectivity index (χ4n) is 4.27. The van der Waals surface area contributed by atoms with E-state index in [4.69, 9.17) is 0 Å². The highest BCUT2D eigenvalue weighted by atomic mass is 16.2. The molecular formula is C19H31N5O2. The highest BCUT2D eigenvalue weighted by molar-refractivity contribution is 5.87. The number of fused-ring (bicyclic) bond motifs is 1. The van der Waals surface area contributed by atoms with Crippen molar-refractivity contribution in [2.24, 2.45) is 5.92 Å². The molecular weight excluding hydrogens is 330 g/mol. The number of rotatable bonds is 5. The van der Waals surface area contributed by atoms with Crippen LogP contribution < -0.4 is 5.32 Å². The summed E-state index contributed by atoms with van der Waals surface area (Å²) in [7, 11) is 0. The molecule has 1 aliphatic heterocycles. The Morgan fingerprint density at radius 3 is 2.46 bits per heavy atom. The second kappa shape index (κ2) is 7.76. The first-order valence-electron chi connectivity index (χ1n) is 9.94. The molecule has 1 unspecified atom stereocenters. The summed E-state index contributed by atoms with van der Waals surface area (Å²) in [4.78, 5) is 26.6. The first-order valence-corrected chi connectivity index (χ1v) is 9.94. The van der Waals surface area contributed by atoms with Gasteiger partial charge in [0.1, 0.15) is 11.9 Å². The number of nitrogens with zero attached hydrogens (tertiary/aromatic N) is 4. The zero-order valence-corrected chi connectivity index (χ0v) is 16.4. The number of nitrogens with one attached hydrogen (secondary N) is 1. The molecule has 1 aromatic heterocycles. The molecule has 2 amide bonds. The third-order valence-electron chi connectivity index (χ3n) is 6.05. The summed E-state index contributed by atoms with van der Waals surface area (Å²) in [6.07, 6.45) is 5.74. The summed E-state index contributed by atoms with van der Waals surface area (Å²) < 4.78 is 2.22. The van der Waals surface area contributed by atoms with E-state index in [0.717, 1.165) is 24.6 Å². The van der Waals surface area contributed by atoms with Crippen molar-refractivity contribution in [3.63, 3.8) is 0 Å². The highest BCUT2D eigenvalue weighted by Gasteiger charge is 2.37. The molecule has 2 aliphatic rings. The van der Waals surface area contributed by atoms with Crippen LogP contribution in [-0.4, -0.2) is 44.1 Å². The second-order valence-electron chi connectivity index (χ2n) is 7.82. The third kappa shape index (κ3) is 3.48. The molecule has 3 atom stereocenters. The minimum atomic E-state index is -0.483. The maximum atomic E-state index is 13.2. The molecule has 1 fully saturated rings. The van der Waals surface area contributed by atoms with Crippen LogP contribution in [-0.2, 0) is 16.1 Å². The van der Waals surface area contributed by atoms with Crippen molar-refractivity contribution in [2.75, 3.05) is 6.54 Å². The predicted molar refractivity (Wildman–Crippen MR) is 98.4 cm³/mol. The molecule has 2 heterocycles. The van der Waals surface area contributed by atoms with Crippen molar-refractivity contribution in [2.45, 2.75) is 84.3 Å². The van der Waals surface area contributed by atoms with Crippen LogP contribution in [0.25, 0.3) is 0 Å². The van der Waals surface area contributed by atoms with Crippen molar-refractivity contribution >= 4 is 11.8 Å². The average molecular weight is 361 g/mol. The molecule has 0 saturated heterocycles. The van der Waals surface area contributed by atoms with Gasteiger partial charge in [0.2, 0.25) is 11.8 Å². The number of aromatic nitrogens is 3. The summed E-state index contributed by atoms with van der Waals surface area (Å²) in [6, 6.07) is -0.608. The molecule has 3 rings (SSSR count). The average Bonchev–Trinajstić information content (AvgIpc) is 3.27. The lowest BCUT2D eigenvalue weighted by Gasteiger charge is -2.37. The number of hydrogen-bond donors (Lipinski definition) is 1. The van der Waals surface area contributed by atoms with Gasteiger partial charge in [-0.15, -0.1) is 10.2 Å². The fraction of sp³-hybridized carbons (Fsp3) is 0.789. The second-order valence-corrected chi connectivity index (χ2v) is 7.82. The first-order chi connectivity index (χ1) is 12.4. The van der Waals surface area contributed by atoms with Crippen molar-refractivity contribution in [1.29, 1.82) is 0 Å². The molecule has 144 valence electrons. The summed E-state index contributed by atoms with van der Waals surface area (Å²) in [5.74, 6) is 2.39. The summed E-state index contributed by atoms with van der Waals surface area (Å²) in [5, 5.41) is 11.8. The van der Waals surface area contributed by atoms with Gasteiger partial charge in [-0.1, -0.05) is 33.1 Å². The smallest absolute Gasteiger partial charge is 0.246 e. The minimum absolute atomic E-state index is 0.0151. The molecule has 1 N–H and O–H groups in total. The minimum Gasteiger partial charge on any atom is -0.344 e. The molecule has 1 aliphatic carbocycles. The zero-order valence-electron chi connectivity index (χ0n) is 16.4.